The van der Waals surface area contributed by atoms with Crippen LogP contribution < -0.4 is 0 Å². The third-order valence-corrected chi connectivity index (χ3v) is 5.81. The molecule has 0 saturated carbocycles. The van der Waals surface area contributed by atoms with Crippen LogP contribution in [0.15, 0.2) is 83.9 Å². The van der Waals surface area contributed by atoms with E-state index in [4.69, 9.17) is 30.3 Å². The summed E-state index contributed by atoms with van der Waals surface area (Å²) in [4.78, 5) is 10.1. The number of hydrogen-bond acceptors (Lipinski definition) is 2. The SMILES string of the molecule is CC(=Nc1c(C(C)C)cccc1C(C)C)c1cccc(-c2cccc3ccccc23)n1.[Cl][Co][Cl]. The molecule has 0 saturated heterocycles. The molecule has 0 N–H and O–H groups in total. The van der Waals surface area contributed by atoms with Gasteiger partial charge in [0.25, 0.3) is 0 Å². The molecule has 1 aromatic heterocycles. The van der Waals surface area contributed by atoms with E-state index in [2.05, 4.69) is 113 Å². The molecule has 0 atom stereocenters. The van der Waals surface area contributed by atoms with Crippen molar-refractivity contribution in [1.82, 2.24) is 4.98 Å². The zero-order valence-corrected chi connectivity index (χ0v) is 22.7. The summed E-state index contributed by atoms with van der Waals surface area (Å²) in [5, 5.41) is 2.45. The fraction of sp³-hybridized carbons (Fsp3) is 0.241. The van der Waals surface area contributed by atoms with Crippen molar-refractivity contribution in [3.05, 3.63) is 95.7 Å². The number of benzene rings is 3. The van der Waals surface area contributed by atoms with Crippen LogP contribution in [0.3, 0.4) is 0 Å². The Morgan fingerprint density at radius 2 is 1.32 bits per heavy atom. The molecule has 0 radical (unpaired) electrons. The Morgan fingerprint density at radius 3 is 1.97 bits per heavy atom. The quantitative estimate of drug-likeness (QED) is 0.233. The third-order valence-electron chi connectivity index (χ3n) is 5.81. The monoisotopic (exact) mass is 535 g/mol. The van der Waals surface area contributed by atoms with Gasteiger partial charge in [0.1, 0.15) is 0 Å². The van der Waals surface area contributed by atoms with Gasteiger partial charge in [-0.05, 0) is 52.8 Å². The summed E-state index contributed by atoms with van der Waals surface area (Å²) in [6.07, 6.45) is 0. The third kappa shape index (κ3) is 6.28. The van der Waals surface area contributed by atoms with Crippen LogP contribution in [0.4, 0.5) is 5.69 Å². The number of pyridine rings is 1. The summed E-state index contributed by atoms with van der Waals surface area (Å²) in [6.45, 7) is 11.0. The first kappa shape index (κ1) is 26.4. The van der Waals surface area contributed by atoms with E-state index in [0.717, 1.165) is 28.4 Å². The fourth-order valence-corrected chi connectivity index (χ4v) is 4.10. The standard InChI is InChI=1S/C29H30N2.2ClH.Co/c1-19(2)23-14-9-15-24(20(3)4)29(23)30-21(5)27-17-10-18-28(31-27)26-16-8-12-22-11-6-7-13-25(22)26;;;/h6-20H,1-5H3;2*1H;/q;;;+2/p-2. The van der Waals surface area contributed by atoms with Crippen LogP contribution in [0.25, 0.3) is 22.0 Å². The predicted octanol–water partition coefficient (Wildman–Crippen LogP) is 9.67. The summed E-state index contributed by atoms with van der Waals surface area (Å²) in [5.74, 6) is 0.834. The normalized spacial score (nSPS) is 11.7. The predicted molar refractivity (Wildman–Crippen MR) is 145 cm³/mol. The molecule has 0 unspecified atom stereocenters. The van der Waals surface area contributed by atoms with Crippen LogP contribution in [-0.4, -0.2) is 10.7 Å². The minimum absolute atomic E-state index is 0.382. The maximum atomic E-state index is 5.12. The topological polar surface area (TPSA) is 25.2 Å². The molecule has 1 heterocycles. The second-order valence-corrected chi connectivity index (χ2v) is 10.5. The molecule has 4 rings (SSSR count). The van der Waals surface area contributed by atoms with Gasteiger partial charge >= 0.3 is 33.2 Å². The van der Waals surface area contributed by atoms with Gasteiger partial charge in [-0.2, -0.15) is 0 Å². The summed E-state index contributed by atoms with van der Waals surface area (Å²) < 4.78 is 0. The van der Waals surface area contributed by atoms with Gasteiger partial charge in [-0.25, -0.2) is 4.98 Å². The summed E-state index contributed by atoms with van der Waals surface area (Å²) >= 11 is 0.382. The zero-order chi connectivity index (χ0) is 24.7. The van der Waals surface area contributed by atoms with Crippen LogP contribution in [-0.2, 0) is 12.9 Å². The van der Waals surface area contributed by atoms with Gasteiger partial charge in [0.15, 0.2) is 0 Å². The van der Waals surface area contributed by atoms with Crippen molar-refractivity contribution < 1.29 is 12.9 Å². The Labute approximate surface area is 217 Å². The Morgan fingerprint density at radius 1 is 0.765 bits per heavy atom. The molecule has 0 spiro atoms. The molecule has 0 amide bonds. The van der Waals surface area contributed by atoms with Crippen LogP contribution in [0.1, 0.15) is 63.3 Å². The van der Waals surface area contributed by atoms with Crippen molar-refractivity contribution in [2.45, 2.75) is 46.5 Å². The molecular formula is C29H30Cl2CoN2. The van der Waals surface area contributed by atoms with Gasteiger partial charge in [0.05, 0.1) is 22.8 Å². The van der Waals surface area contributed by atoms with Gasteiger partial charge in [0, 0.05) is 5.56 Å². The van der Waals surface area contributed by atoms with Crippen molar-refractivity contribution >= 4 is 42.5 Å². The van der Waals surface area contributed by atoms with Crippen molar-refractivity contribution in [3.8, 4) is 11.3 Å². The molecule has 0 fully saturated rings. The number of para-hydroxylation sites is 1. The van der Waals surface area contributed by atoms with E-state index < -0.39 is 0 Å². The molecule has 34 heavy (non-hydrogen) atoms. The van der Waals surface area contributed by atoms with Gasteiger partial charge in [-0.1, -0.05) is 94.4 Å². The van der Waals surface area contributed by atoms with E-state index in [-0.39, 0.29) is 0 Å². The van der Waals surface area contributed by atoms with E-state index in [0.29, 0.717) is 24.7 Å². The summed E-state index contributed by atoms with van der Waals surface area (Å²) in [6, 6.07) is 27.6. The van der Waals surface area contributed by atoms with Crippen molar-refractivity contribution in [3.63, 3.8) is 0 Å². The number of aromatic nitrogens is 1. The molecule has 0 aliphatic heterocycles. The first-order chi connectivity index (χ1) is 16.4. The first-order valence-electron chi connectivity index (χ1n) is 11.3. The molecule has 179 valence electrons. The zero-order valence-electron chi connectivity index (χ0n) is 20.1. The second-order valence-electron chi connectivity index (χ2n) is 8.77. The van der Waals surface area contributed by atoms with E-state index in [1.54, 1.807) is 0 Å². The average Bonchev–Trinajstić information content (AvgIpc) is 2.84. The fourth-order valence-electron chi connectivity index (χ4n) is 4.10. The Kier molecular flexibility index (Phi) is 9.72. The van der Waals surface area contributed by atoms with Crippen molar-refractivity contribution in [1.29, 1.82) is 0 Å². The number of fused-ring (bicyclic) bond motifs is 1. The average molecular weight is 536 g/mol. The van der Waals surface area contributed by atoms with Crippen LogP contribution >= 0.6 is 20.3 Å². The molecular weight excluding hydrogens is 506 g/mol. The molecule has 0 aliphatic carbocycles. The number of halogens is 2. The molecule has 0 bridgehead atoms. The van der Waals surface area contributed by atoms with Gasteiger partial charge in [-0.15, -0.1) is 0 Å². The molecule has 5 heteroatoms. The van der Waals surface area contributed by atoms with E-state index >= 15 is 0 Å². The number of nitrogens with zero attached hydrogens (tertiary/aromatic N) is 2. The summed E-state index contributed by atoms with van der Waals surface area (Å²) in [7, 11) is 9.47. The molecule has 2 nitrogen and oxygen atoms in total. The van der Waals surface area contributed by atoms with Gasteiger partial charge < -0.3 is 0 Å². The Bertz CT molecular complexity index is 1250. The van der Waals surface area contributed by atoms with Crippen LogP contribution in [0.5, 0.6) is 0 Å². The summed E-state index contributed by atoms with van der Waals surface area (Å²) in [5.41, 5.74) is 7.66. The molecule has 0 aliphatic rings. The molecule has 3 aromatic carbocycles. The van der Waals surface area contributed by atoms with E-state index in [1.807, 2.05) is 0 Å². The van der Waals surface area contributed by atoms with Gasteiger partial charge in [-0.3, -0.25) is 4.99 Å². The van der Waals surface area contributed by atoms with Gasteiger partial charge in [0.2, 0.25) is 0 Å². The molecule has 4 aromatic rings. The Hall–Kier alpha value is -2.17. The van der Waals surface area contributed by atoms with Crippen LogP contribution in [0, 0.1) is 0 Å². The van der Waals surface area contributed by atoms with Crippen LogP contribution in [0.2, 0.25) is 0 Å². The maximum absolute atomic E-state index is 5.12. The van der Waals surface area contributed by atoms with E-state index in [1.165, 1.54) is 21.9 Å². The van der Waals surface area contributed by atoms with Crippen molar-refractivity contribution in [2.75, 3.05) is 0 Å². The number of aliphatic imine (C=N–C) groups is 1. The number of hydrogen-bond donors (Lipinski definition) is 0. The second kappa shape index (κ2) is 12.5. The van der Waals surface area contributed by atoms with E-state index in [9.17, 15) is 0 Å². The number of rotatable bonds is 5. The first-order valence-corrected chi connectivity index (χ1v) is 14.2. The minimum atomic E-state index is 0.382. The van der Waals surface area contributed by atoms with Crippen molar-refractivity contribution in [2.24, 2.45) is 4.99 Å². The Balaban J connectivity index is 0.00000103.